The summed E-state index contributed by atoms with van der Waals surface area (Å²) in [6, 6.07) is 5.66. The van der Waals surface area contributed by atoms with Crippen molar-refractivity contribution in [3.8, 4) is 11.5 Å². The van der Waals surface area contributed by atoms with E-state index in [0.717, 1.165) is 17.1 Å². The fourth-order valence-electron chi connectivity index (χ4n) is 1.85. The van der Waals surface area contributed by atoms with Gasteiger partial charge in [-0.05, 0) is 26.3 Å². The Bertz CT molecular complexity index is 466. The number of carbonyl (C=O) groups is 1. The van der Waals surface area contributed by atoms with E-state index < -0.39 is 0 Å². The lowest BCUT2D eigenvalue weighted by atomic mass is 10.00. The molecule has 1 amide bonds. The molecule has 1 aliphatic rings. The molecule has 1 aromatic rings. The second-order valence-electron chi connectivity index (χ2n) is 5.42. The van der Waals surface area contributed by atoms with Gasteiger partial charge in [0.2, 0.25) is 12.7 Å². The largest absolute Gasteiger partial charge is 0.454 e. The predicted molar refractivity (Wildman–Crippen MR) is 71.9 cm³/mol. The van der Waals surface area contributed by atoms with E-state index in [0.29, 0.717) is 19.4 Å². The Labute approximate surface area is 113 Å². The number of nitrogens with one attached hydrogen (secondary N) is 1. The Balaban J connectivity index is 1.86. The molecule has 0 saturated heterocycles. The van der Waals surface area contributed by atoms with Crippen LogP contribution in [0.5, 0.6) is 11.5 Å². The van der Waals surface area contributed by atoms with Crippen LogP contribution in [0.15, 0.2) is 18.2 Å². The van der Waals surface area contributed by atoms with Crippen molar-refractivity contribution >= 4 is 5.91 Å². The normalized spacial score (nSPS) is 13.4. The zero-order valence-electron chi connectivity index (χ0n) is 11.4. The molecule has 0 aliphatic carbocycles. The second-order valence-corrected chi connectivity index (χ2v) is 5.42. The number of amides is 1. The van der Waals surface area contributed by atoms with E-state index in [4.69, 9.17) is 15.2 Å². The smallest absolute Gasteiger partial charge is 0.231 e. The molecule has 5 heteroatoms. The van der Waals surface area contributed by atoms with Gasteiger partial charge in [0.25, 0.3) is 0 Å². The summed E-state index contributed by atoms with van der Waals surface area (Å²) in [6.45, 7) is 4.50. The van der Waals surface area contributed by atoms with Crippen LogP contribution in [0.25, 0.3) is 0 Å². The molecular formula is C14H20N2O3. The minimum atomic E-state index is -0.317. The van der Waals surface area contributed by atoms with Crippen molar-refractivity contribution in [1.29, 1.82) is 0 Å². The first-order valence-corrected chi connectivity index (χ1v) is 6.39. The molecule has 0 fully saturated rings. The molecule has 2 rings (SSSR count). The zero-order valence-corrected chi connectivity index (χ0v) is 11.4. The standard InChI is InChI=1S/C14H20N2O3/c1-14(2,15)7-6-12(17)16-8-10-4-3-5-11-13(10)19-9-18-11/h3-5H,6-9,15H2,1-2H3,(H,16,17). The van der Waals surface area contributed by atoms with Crippen molar-refractivity contribution in [2.24, 2.45) is 5.73 Å². The SMILES string of the molecule is CC(C)(N)CCC(=O)NCc1cccc2c1OCO2. The van der Waals surface area contributed by atoms with Crippen LogP contribution in [0, 0.1) is 0 Å². The van der Waals surface area contributed by atoms with Gasteiger partial charge in [-0.2, -0.15) is 0 Å². The van der Waals surface area contributed by atoms with Crippen LogP contribution >= 0.6 is 0 Å². The van der Waals surface area contributed by atoms with E-state index in [1.165, 1.54) is 0 Å². The number of fused-ring (bicyclic) bond motifs is 1. The summed E-state index contributed by atoms with van der Waals surface area (Å²) in [6.07, 6.45) is 1.08. The minimum absolute atomic E-state index is 0.00459. The van der Waals surface area contributed by atoms with Crippen molar-refractivity contribution in [2.45, 2.75) is 38.8 Å². The van der Waals surface area contributed by atoms with E-state index in [1.54, 1.807) is 0 Å². The Hall–Kier alpha value is -1.75. The molecule has 0 bridgehead atoms. The Morgan fingerprint density at radius 1 is 1.42 bits per heavy atom. The number of hydrogen-bond donors (Lipinski definition) is 2. The molecule has 1 aromatic carbocycles. The number of nitrogens with two attached hydrogens (primary N) is 1. The maximum absolute atomic E-state index is 11.7. The molecule has 104 valence electrons. The van der Waals surface area contributed by atoms with Crippen molar-refractivity contribution < 1.29 is 14.3 Å². The zero-order chi connectivity index (χ0) is 13.9. The fourth-order valence-corrected chi connectivity index (χ4v) is 1.85. The highest BCUT2D eigenvalue weighted by atomic mass is 16.7. The monoisotopic (exact) mass is 264 g/mol. The molecule has 19 heavy (non-hydrogen) atoms. The van der Waals surface area contributed by atoms with Gasteiger partial charge in [-0.25, -0.2) is 0 Å². The molecule has 0 aromatic heterocycles. The van der Waals surface area contributed by atoms with Gasteiger partial charge in [-0.1, -0.05) is 12.1 Å². The summed E-state index contributed by atoms with van der Waals surface area (Å²) in [5.74, 6) is 1.45. The first kappa shape index (κ1) is 13.7. The number of para-hydroxylation sites is 1. The molecular weight excluding hydrogens is 244 g/mol. The van der Waals surface area contributed by atoms with Gasteiger partial charge >= 0.3 is 0 Å². The molecule has 0 unspecified atom stereocenters. The van der Waals surface area contributed by atoms with E-state index in [9.17, 15) is 4.79 Å². The lowest BCUT2D eigenvalue weighted by Crippen LogP contribution is -2.34. The summed E-state index contributed by atoms with van der Waals surface area (Å²) in [5.41, 5.74) is 6.46. The van der Waals surface area contributed by atoms with Crippen molar-refractivity contribution in [1.82, 2.24) is 5.32 Å². The second kappa shape index (κ2) is 5.48. The highest BCUT2D eigenvalue weighted by molar-refractivity contribution is 5.76. The fraction of sp³-hybridized carbons (Fsp3) is 0.500. The van der Waals surface area contributed by atoms with Crippen molar-refractivity contribution in [3.63, 3.8) is 0 Å². The van der Waals surface area contributed by atoms with E-state index >= 15 is 0 Å². The third-order valence-electron chi connectivity index (χ3n) is 2.95. The molecule has 3 N–H and O–H groups in total. The Kier molecular flexibility index (Phi) is 3.95. The minimum Gasteiger partial charge on any atom is -0.454 e. The topological polar surface area (TPSA) is 73.6 Å². The van der Waals surface area contributed by atoms with Gasteiger partial charge in [0.05, 0.1) is 0 Å². The maximum Gasteiger partial charge on any atom is 0.231 e. The summed E-state index contributed by atoms with van der Waals surface area (Å²) in [5, 5.41) is 2.87. The quantitative estimate of drug-likeness (QED) is 0.846. The summed E-state index contributed by atoms with van der Waals surface area (Å²) < 4.78 is 10.7. The van der Waals surface area contributed by atoms with Crippen LogP contribution < -0.4 is 20.5 Å². The van der Waals surface area contributed by atoms with Crippen molar-refractivity contribution in [3.05, 3.63) is 23.8 Å². The van der Waals surface area contributed by atoms with Crippen LogP contribution in [-0.2, 0) is 11.3 Å². The summed E-state index contributed by atoms with van der Waals surface area (Å²) >= 11 is 0. The van der Waals surface area contributed by atoms with Gasteiger partial charge in [0.15, 0.2) is 11.5 Å². The molecule has 0 atom stereocenters. The third kappa shape index (κ3) is 3.86. The number of benzene rings is 1. The van der Waals surface area contributed by atoms with Gasteiger partial charge < -0.3 is 20.5 Å². The van der Waals surface area contributed by atoms with E-state index in [2.05, 4.69) is 5.32 Å². The van der Waals surface area contributed by atoms with Crippen LogP contribution in [0.1, 0.15) is 32.3 Å². The van der Waals surface area contributed by atoms with E-state index in [-0.39, 0.29) is 18.2 Å². The highest BCUT2D eigenvalue weighted by Gasteiger charge is 2.18. The maximum atomic E-state index is 11.7. The number of carbonyl (C=O) groups excluding carboxylic acids is 1. The van der Waals surface area contributed by atoms with Gasteiger partial charge in [-0.3, -0.25) is 4.79 Å². The van der Waals surface area contributed by atoms with Crippen LogP contribution in [-0.4, -0.2) is 18.2 Å². The predicted octanol–water partition coefficient (Wildman–Crippen LogP) is 1.55. The summed E-state index contributed by atoms with van der Waals surface area (Å²) in [7, 11) is 0. The van der Waals surface area contributed by atoms with E-state index in [1.807, 2.05) is 32.0 Å². The van der Waals surface area contributed by atoms with Crippen LogP contribution in [0.2, 0.25) is 0 Å². The van der Waals surface area contributed by atoms with Gasteiger partial charge in [0.1, 0.15) is 0 Å². The van der Waals surface area contributed by atoms with Crippen LogP contribution in [0.4, 0.5) is 0 Å². The average Bonchev–Trinajstić information content (AvgIpc) is 2.81. The Morgan fingerprint density at radius 3 is 2.95 bits per heavy atom. The number of hydrogen-bond acceptors (Lipinski definition) is 4. The number of rotatable bonds is 5. The van der Waals surface area contributed by atoms with Crippen LogP contribution in [0.3, 0.4) is 0 Å². The van der Waals surface area contributed by atoms with Gasteiger partial charge in [-0.15, -0.1) is 0 Å². The average molecular weight is 264 g/mol. The molecule has 1 aliphatic heterocycles. The first-order valence-electron chi connectivity index (χ1n) is 6.39. The lowest BCUT2D eigenvalue weighted by molar-refractivity contribution is -0.121. The van der Waals surface area contributed by atoms with Crippen molar-refractivity contribution in [2.75, 3.05) is 6.79 Å². The first-order chi connectivity index (χ1) is 8.96. The van der Waals surface area contributed by atoms with Gasteiger partial charge in [0, 0.05) is 24.1 Å². The Morgan fingerprint density at radius 2 is 2.21 bits per heavy atom. The molecule has 1 heterocycles. The highest BCUT2D eigenvalue weighted by Crippen LogP contribution is 2.35. The molecule has 0 spiro atoms. The third-order valence-corrected chi connectivity index (χ3v) is 2.95. The molecule has 0 radical (unpaired) electrons. The molecule has 5 nitrogen and oxygen atoms in total. The lowest BCUT2D eigenvalue weighted by Gasteiger charge is -2.17. The molecule has 0 saturated carbocycles. The number of ether oxygens (including phenoxy) is 2. The summed E-state index contributed by atoms with van der Waals surface area (Å²) in [4.78, 5) is 11.7.